The molecule has 0 radical (unpaired) electrons. The minimum absolute atomic E-state index is 0. The molecule has 1 saturated heterocycles. The summed E-state index contributed by atoms with van der Waals surface area (Å²) < 4.78 is 0. The zero-order valence-corrected chi connectivity index (χ0v) is 15.3. The lowest BCUT2D eigenvalue weighted by molar-refractivity contribution is -0.117. The van der Waals surface area contributed by atoms with Gasteiger partial charge >= 0.3 is 0 Å². The van der Waals surface area contributed by atoms with Crippen molar-refractivity contribution in [2.24, 2.45) is 11.7 Å². The number of piperidine rings is 1. The Hall–Kier alpha value is -1.10. The normalized spacial score (nSPS) is 18.3. The Balaban J connectivity index is 0.00000264. The highest BCUT2D eigenvalue weighted by molar-refractivity contribution is 5.93. The Bertz CT molecular complexity index is 508. The number of hydrogen-bond donors (Lipinski definition) is 2. The highest BCUT2D eigenvalue weighted by Gasteiger charge is 2.21. The molecule has 0 aliphatic carbocycles. The number of carbonyl (C=O) groups excluding carboxylic acids is 1. The summed E-state index contributed by atoms with van der Waals surface area (Å²) >= 11 is 0. The summed E-state index contributed by atoms with van der Waals surface area (Å²) in [6.45, 7) is 9.41. The number of benzene rings is 1. The van der Waals surface area contributed by atoms with E-state index < -0.39 is 0 Å². The predicted octanol–water partition coefficient (Wildman–Crippen LogP) is 3.03. The van der Waals surface area contributed by atoms with Crippen LogP contribution in [-0.4, -0.2) is 37.0 Å². The molecule has 1 fully saturated rings. The quantitative estimate of drug-likeness (QED) is 0.866. The van der Waals surface area contributed by atoms with Crippen LogP contribution in [0.25, 0.3) is 0 Å². The Kier molecular flexibility index (Phi) is 8.03. The zero-order chi connectivity index (χ0) is 16.1. The first-order chi connectivity index (χ1) is 10.5. The number of carbonyl (C=O) groups is 1. The van der Waals surface area contributed by atoms with Gasteiger partial charge in [-0.1, -0.05) is 17.7 Å². The van der Waals surface area contributed by atoms with Gasteiger partial charge in [0.05, 0.1) is 6.54 Å². The lowest BCUT2D eigenvalue weighted by Gasteiger charge is -2.32. The van der Waals surface area contributed by atoms with E-state index in [1.807, 2.05) is 13.8 Å². The van der Waals surface area contributed by atoms with Crippen molar-refractivity contribution < 1.29 is 4.79 Å². The molecule has 130 valence electrons. The third-order valence-electron chi connectivity index (χ3n) is 4.49. The average Bonchev–Trinajstić information content (AvgIpc) is 2.43. The van der Waals surface area contributed by atoms with Gasteiger partial charge in [-0.2, -0.15) is 0 Å². The van der Waals surface area contributed by atoms with Gasteiger partial charge in [0.2, 0.25) is 5.91 Å². The molecule has 1 aromatic carbocycles. The lowest BCUT2D eigenvalue weighted by Crippen LogP contribution is -2.41. The molecule has 0 bridgehead atoms. The van der Waals surface area contributed by atoms with Gasteiger partial charge in [-0.25, -0.2) is 0 Å². The van der Waals surface area contributed by atoms with Crippen molar-refractivity contribution in [1.29, 1.82) is 0 Å². The summed E-state index contributed by atoms with van der Waals surface area (Å²) in [5.41, 5.74) is 10.1. The van der Waals surface area contributed by atoms with Crippen LogP contribution >= 0.6 is 12.4 Å². The highest BCUT2D eigenvalue weighted by atomic mass is 35.5. The van der Waals surface area contributed by atoms with Crippen LogP contribution in [0.2, 0.25) is 0 Å². The minimum atomic E-state index is 0. The number of nitrogens with two attached hydrogens (primary N) is 1. The van der Waals surface area contributed by atoms with E-state index in [0.29, 0.717) is 12.5 Å². The fourth-order valence-electron chi connectivity index (χ4n) is 3.53. The number of hydrogen-bond acceptors (Lipinski definition) is 3. The Morgan fingerprint density at radius 3 is 2.57 bits per heavy atom. The van der Waals surface area contributed by atoms with Crippen molar-refractivity contribution in [1.82, 2.24) is 4.90 Å². The summed E-state index contributed by atoms with van der Waals surface area (Å²) in [4.78, 5) is 14.6. The molecule has 3 N–H and O–H groups in total. The molecule has 2 rings (SSSR count). The molecule has 1 aliphatic rings. The summed E-state index contributed by atoms with van der Waals surface area (Å²) in [5, 5.41) is 3.09. The first kappa shape index (κ1) is 19.9. The molecule has 1 heterocycles. The van der Waals surface area contributed by atoms with Gasteiger partial charge < -0.3 is 11.1 Å². The van der Waals surface area contributed by atoms with Gasteiger partial charge in [0.15, 0.2) is 0 Å². The maximum absolute atomic E-state index is 12.4. The van der Waals surface area contributed by atoms with Crippen LogP contribution in [0.1, 0.15) is 36.0 Å². The molecular formula is C18H30ClN3O. The van der Waals surface area contributed by atoms with E-state index >= 15 is 0 Å². The van der Waals surface area contributed by atoms with Crippen LogP contribution in [0.5, 0.6) is 0 Å². The highest BCUT2D eigenvalue weighted by Crippen LogP contribution is 2.22. The van der Waals surface area contributed by atoms with E-state index in [4.69, 9.17) is 5.73 Å². The molecule has 1 unspecified atom stereocenters. The standard InChI is InChI=1S/C18H29N3O.ClH/c1-13-9-14(2)18(15(3)10-13)20-17(22)12-21-8-4-5-16(11-21)6-7-19;/h9-10,16H,4-8,11-12,19H2,1-3H3,(H,20,22);1H. The van der Waals surface area contributed by atoms with Gasteiger partial charge in [0.25, 0.3) is 0 Å². The fraction of sp³-hybridized carbons (Fsp3) is 0.611. The largest absolute Gasteiger partial charge is 0.330 e. The van der Waals surface area contributed by atoms with Crippen LogP contribution in [0.3, 0.4) is 0 Å². The van der Waals surface area contributed by atoms with Crippen LogP contribution in [0.4, 0.5) is 5.69 Å². The van der Waals surface area contributed by atoms with Crippen molar-refractivity contribution in [2.75, 3.05) is 31.5 Å². The third-order valence-corrected chi connectivity index (χ3v) is 4.49. The molecule has 4 nitrogen and oxygen atoms in total. The van der Waals surface area contributed by atoms with Gasteiger partial charge in [0, 0.05) is 12.2 Å². The molecule has 1 amide bonds. The maximum atomic E-state index is 12.4. The topological polar surface area (TPSA) is 58.4 Å². The van der Waals surface area contributed by atoms with E-state index in [1.54, 1.807) is 0 Å². The smallest absolute Gasteiger partial charge is 0.238 e. The molecule has 0 spiro atoms. The summed E-state index contributed by atoms with van der Waals surface area (Å²) in [7, 11) is 0. The van der Waals surface area contributed by atoms with E-state index in [1.165, 1.54) is 18.4 Å². The lowest BCUT2D eigenvalue weighted by atomic mass is 9.95. The molecule has 23 heavy (non-hydrogen) atoms. The van der Waals surface area contributed by atoms with Gasteiger partial charge in [0.1, 0.15) is 0 Å². The molecule has 1 aliphatic heterocycles. The zero-order valence-electron chi connectivity index (χ0n) is 14.5. The Labute approximate surface area is 146 Å². The number of halogens is 1. The van der Waals surface area contributed by atoms with E-state index in [2.05, 4.69) is 29.3 Å². The molecule has 0 aromatic heterocycles. The molecule has 1 atom stereocenters. The van der Waals surface area contributed by atoms with Gasteiger partial charge in [-0.3, -0.25) is 9.69 Å². The van der Waals surface area contributed by atoms with E-state index in [-0.39, 0.29) is 18.3 Å². The van der Waals surface area contributed by atoms with Crippen LogP contribution in [-0.2, 0) is 4.79 Å². The van der Waals surface area contributed by atoms with Crippen LogP contribution in [0.15, 0.2) is 12.1 Å². The number of rotatable bonds is 5. The Morgan fingerprint density at radius 2 is 1.96 bits per heavy atom. The number of nitrogens with one attached hydrogen (secondary N) is 1. The molecule has 5 heteroatoms. The van der Waals surface area contributed by atoms with E-state index in [0.717, 1.165) is 42.9 Å². The molecular weight excluding hydrogens is 310 g/mol. The van der Waals surface area contributed by atoms with Crippen LogP contribution < -0.4 is 11.1 Å². The van der Waals surface area contributed by atoms with Gasteiger partial charge in [-0.05, 0) is 70.2 Å². The summed E-state index contributed by atoms with van der Waals surface area (Å²) in [5.74, 6) is 0.734. The first-order valence-corrected chi connectivity index (χ1v) is 8.29. The summed E-state index contributed by atoms with van der Waals surface area (Å²) in [6.07, 6.45) is 3.47. The monoisotopic (exact) mass is 339 g/mol. The first-order valence-electron chi connectivity index (χ1n) is 8.29. The van der Waals surface area contributed by atoms with Crippen molar-refractivity contribution in [2.45, 2.75) is 40.0 Å². The van der Waals surface area contributed by atoms with Crippen molar-refractivity contribution >= 4 is 24.0 Å². The van der Waals surface area contributed by atoms with Crippen LogP contribution in [0, 0.1) is 26.7 Å². The predicted molar refractivity (Wildman–Crippen MR) is 99.4 cm³/mol. The van der Waals surface area contributed by atoms with Crippen molar-refractivity contribution in [3.05, 3.63) is 28.8 Å². The second-order valence-electron chi connectivity index (χ2n) is 6.64. The number of aryl methyl sites for hydroxylation is 3. The Morgan fingerprint density at radius 1 is 1.30 bits per heavy atom. The number of anilines is 1. The molecule has 0 saturated carbocycles. The summed E-state index contributed by atoms with van der Waals surface area (Å²) in [6, 6.07) is 4.22. The van der Waals surface area contributed by atoms with Crippen molar-refractivity contribution in [3.8, 4) is 0 Å². The average molecular weight is 340 g/mol. The SMILES string of the molecule is Cc1cc(C)c(NC(=O)CN2CCCC(CCN)C2)c(C)c1.Cl. The molecule has 1 aromatic rings. The minimum Gasteiger partial charge on any atom is -0.330 e. The van der Waals surface area contributed by atoms with E-state index in [9.17, 15) is 4.79 Å². The number of amides is 1. The van der Waals surface area contributed by atoms with Crippen molar-refractivity contribution in [3.63, 3.8) is 0 Å². The second kappa shape index (κ2) is 9.26. The third kappa shape index (κ3) is 5.79. The number of likely N-dealkylation sites (tertiary alicyclic amines) is 1. The maximum Gasteiger partial charge on any atom is 0.238 e. The fourth-order valence-corrected chi connectivity index (χ4v) is 3.53. The second-order valence-corrected chi connectivity index (χ2v) is 6.64. The van der Waals surface area contributed by atoms with Gasteiger partial charge in [-0.15, -0.1) is 12.4 Å². The number of nitrogens with zero attached hydrogens (tertiary/aromatic N) is 1.